The number of hydrogen-bond acceptors (Lipinski definition) is 9. The third-order valence-electron chi connectivity index (χ3n) is 5.41. The molecule has 1 amide bonds. The average Bonchev–Trinajstić information content (AvgIpc) is 3.61. The van der Waals surface area contributed by atoms with Gasteiger partial charge in [0, 0.05) is 33.8 Å². The summed E-state index contributed by atoms with van der Waals surface area (Å²) >= 11 is 4.29. The Balaban J connectivity index is 1.46. The number of ether oxygens (including phenoxy) is 2. The van der Waals surface area contributed by atoms with E-state index in [9.17, 15) is 9.59 Å². The van der Waals surface area contributed by atoms with Crippen LogP contribution < -0.4 is 10.1 Å². The highest BCUT2D eigenvalue weighted by atomic mass is 32.2. The maximum Gasteiger partial charge on any atom is 0.341 e. The number of hydrogen-bond donors (Lipinski definition) is 1. The number of nitrogens with zero attached hydrogens (tertiary/aromatic N) is 3. The lowest BCUT2D eigenvalue weighted by Crippen LogP contribution is -2.16. The van der Waals surface area contributed by atoms with Gasteiger partial charge >= 0.3 is 5.97 Å². The number of carbonyl (C=O) groups is 2. The van der Waals surface area contributed by atoms with Crippen molar-refractivity contribution in [2.45, 2.75) is 24.9 Å². The number of anilines is 1. The van der Waals surface area contributed by atoms with Crippen LogP contribution in [0.5, 0.6) is 5.75 Å². The van der Waals surface area contributed by atoms with Crippen molar-refractivity contribution in [3.05, 3.63) is 51.5 Å². The number of aryl methyl sites for hydroxylation is 1. The molecule has 0 saturated carbocycles. The van der Waals surface area contributed by atoms with Crippen molar-refractivity contribution >= 4 is 51.3 Å². The molecule has 0 spiro atoms. The van der Waals surface area contributed by atoms with Gasteiger partial charge in [0.1, 0.15) is 16.3 Å². The molecule has 0 fully saturated rings. The second kappa shape index (κ2) is 11.7. The van der Waals surface area contributed by atoms with Crippen LogP contribution in [0.1, 0.15) is 28.6 Å². The predicted octanol–water partition coefficient (Wildman–Crippen LogP) is 5.75. The molecule has 4 rings (SSSR count). The summed E-state index contributed by atoms with van der Waals surface area (Å²) in [6.45, 7) is 2.16. The molecular formula is C25H26N4O4S3. The highest BCUT2D eigenvalue weighted by Crippen LogP contribution is 2.37. The third kappa shape index (κ3) is 5.63. The first-order valence-corrected chi connectivity index (χ1v) is 13.9. The standard InChI is InChI=1S/C25H26N4O4S3/c1-5-6-18-11-16(12-34-18)22-27-28-25(29(22)2)36-14-20(30)26-23-21(24(31)33-4)19(13-35-23)15-7-9-17(32-3)10-8-15/h7-13H,5-6,14H2,1-4H3,(H,26,30). The lowest BCUT2D eigenvalue weighted by atomic mass is 10.0. The Morgan fingerprint density at radius 2 is 1.86 bits per heavy atom. The lowest BCUT2D eigenvalue weighted by Gasteiger charge is -2.08. The van der Waals surface area contributed by atoms with E-state index in [1.54, 1.807) is 18.4 Å². The van der Waals surface area contributed by atoms with Gasteiger partial charge in [0.25, 0.3) is 0 Å². The molecule has 0 radical (unpaired) electrons. The SMILES string of the molecule is CCCc1cc(-c2nnc(SCC(=O)Nc3scc(-c4ccc(OC)cc4)c3C(=O)OC)n2C)cs1. The van der Waals surface area contributed by atoms with Crippen LogP contribution in [-0.2, 0) is 23.0 Å². The van der Waals surface area contributed by atoms with E-state index >= 15 is 0 Å². The van der Waals surface area contributed by atoms with Gasteiger partial charge in [0.2, 0.25) is 5.91 Å². The van der Waals surface area contributed by atoms with E-state index in [2.05, 4.69) is 33.9 Å². The summed E-state index contributed by atoms with van der Waals surface area (Å²) in [5.74, 6) is 0.839. The van der Waals surface area contributed by atoms with Crippen LogP contribution in [0.25, 0.3) is 22.5 Å². The van der Waals surface area contributed by atoms with E-state index in [1.807, 2.05) is 41.3 Å². The van der Waals surface area contributed by atoms with E-state index in [4.69, 9.17) is 9.47 Å². The van der Waals surface area contributed by atoms with Crippen LogP contribution in [0, 0.1) is 0 Å². The van der Waals surface area contributed by atoms with Gasteiger partial charge in [-0.25, -0.2) is 4.79 Å². The summed E-state index contributed by atoms with van der Waals surface area (Å²) in [4.78, 5) is 26.7. The van der Waals surface area contributed by atoms with Gasteiger partial charge in [-0.2, -0.15) is 0 Å². The number of aromatic nitrogens is 3. The fraction of sp³-hybridized carbons (Fsp3) is 0.280. The molecule has 0 bridgehead atoms. The molecule has 1 aromatic carbocycles. The molecule has 11 heteroatoms. The second-order valence-corrected chi connectivity index (χ2v) is 10.6. The minimum absolute atomic E-state index is 0.118. The van der Waals surface area contributed by atoms with Gasteiger partial charge in [0.05, 0.1) is 20.0 Å². The average molecular weight is 543 g/mol. The van der Waals surface area contributed by atoms with E-state index in [-0.39, 0.29) is 11.7 Å². The molecular weight excluding hydrogens is 517 g/mol. The van der Waals surface area contributed by atoms with Crippen LogP contribution in [0.2, 0.25) is 0 Å². The molecule has 8 nitrogen and oxygen atoms in total. The molecule has 0 aliphatic carbocycles. The quantitative estimate of drug-likeness (QED) is 0.201. The van der Waals surface area contributed by atoms with Crippen molar-refractivity contribution in [3.63, 3.8) is 0 Å². The van der Waals surface area contributed by atoms with Crippen LogP contribution in [0.15, 0.2) is 46.2 Å². The smallest absolute Gasteiger partial charge is 0.341 e. The molecule has 0 saturated heterocycles. The molecule has 3 heterocycles. The normalized spacial score (nSPS) is 10.9. The number of benzene rings is 1. The van der Waals surface area contributed by atoms with Crippen LogP contribution >= 0.6 is 34.4 Å². The molecule has 1 N–H and O–H groups in total. The number of nitrogens with one attached hydrogen (secondary N) is 1. The number of rotatable bonds is 10. The van der Waals surface area contributed by atoms with Gasteiger partial charge in [-0.1, -0.05) is 37.2 Å². The summed E-state index contributed by atoms with van der Waals surface area (Å²) in [7, 11) is 4.81. The van der Waals surface area contributed by atoms with Gasteiger partial charge in [-0.15, -0.1) is 32.9 Å². The Hall–Kier alpha value is -3.15. The molecule has 36 heavy (non-hydrogen) atoms. The molecule has 0 aliphatic rings. The molecule has 0 aliphatic heterocycles. The Labute approximate surface area is 221 Å². The van der Waals surface area contributed by atoms with Crippen LogP contribution in [0.3, 0.4) is 0 Å². The zero-order valence-electron chi connectivity index (χ0n) is 20.4. The summed E-state index contributed by atoms with van der Waals surface area (Å²) in [5.41, 5.74) is 2.87. The van der Waals surface area contributed by atoms with E-state index in [0.29, 0.717) is 27.0 Å². The Bertz CT molecular complexity index is 1360. The number of thiophene rings is 2. The van der Waals surface area contributed by atoms with Crippen molar-refractivity contribution in [2.75, 3.05) is 25.3 Å². The van der Waals surface area contributed by atoms with Gasteiger partial charge in [0.15, 0.2) is 11.0 Å². The first-order valence-electron chi connectivity index (χ1n) is 11.2. The topological polar surface area (TPSA) is 95.3 Å². The first-order chi connectivity index (χ1) is 17.4. The number of amides is 1. The molecule has 188 valence electrons. The third-order valence-corrected chi connectivity index (χ3v) is 8.32. The highest BCUT2D eigenvalue weighted by Gasteiger charge is 2.23. The van der Waals surface area contributed by atoms with E-state index in [0.717, 1.165) is 29.8 Å². The Morgan fingerprint density at radius 1 is 1.08 bits per heavy atom. The van der Waals surface area contributed by atoms with E-state index < -0.39 is 5.97 Å². The predicted molar refractivity (Wildman–Crippen MR) is 145 cm³/mol. The summed E-state index contributed by atoms with van der Waals surface area (Å²) in [6.07, 6.45) is 2.14. The minimum Gasteiger partial charge on any atom is -0.497 e. The van der Waals surface area contributed by atoms with Crippen molar-refractivity contribution < 1.29 is 19.1 Å². The fourth-order valence-corrected chi connectivity index (χ4v) is 6.25. The Morgan fingerprint density at radius 3 is 2.56 bits per heavy atom. The molecule has 0 unspecified atom stereocenters. The molecule has 0 atom stereocenters. The zero-order valence-corrected chi connectivity index (χ0v) is 22.8. The van der Waals surface area contributed by atoms with Crippen molar-refractivity contribution in [1.29, 1.82) is 0 Å². The second-order valence-electron chi connectivity index (χ2n) is 7.83. The van der Waals surface area contributed by atoms with Crippen molar-refractivity contribution in [1.82, 2.24) is 14.8 Å². The molecule has 4 aromatic rings. The highest BCUT2D eigenvalue weighted by molar-refractivity contribution is 7.99. The van der Waals surface area contributed by atoms with Crippen LogP contribution in [0.4, 0.5) is 5.00 Å². The van der Waals surface area contributed by atoms with Gasteiger partial charge < -0.3 is 19.4 Å². The van der Waals surface area contributed by atoms with Crippen LogP contribution in [-0.4, -0.2) is 46.6 Å². The number of methoxy groups -OCH3 is 2. The summed E-state index contributed by atoms with van der Waals surface area (Å²) in [6, 6.07) is 9.50. The zero-order chi connectivity index (χ0) is 25.7. The monoisotopic (exact) mass is 542 g/mol. The van der Waals surface area contributed by atoms with Gasteiger partial charge in [-0.3, -0.25) is 4.79 Å². The van der Waals surface area contributed by atoms with Crippen molar-refractivity contribution in [3.8, 4) is 28.3 Å². The Kier molecular flexibility index (Phi) is 8.44. The minimum atomic E-state index is -0.513. The first kappa shape index (κ1) is 25.9. The van der Waals surface area contributed by atoms with Gasteiger partial charge in [-0.05, 0) is 30.2 Å². The molecule has 3 aromatic heterocycles. The lowest BCUT2D eigenvalue weighted by molar-refractivity contribution is -0.113. The maximum absolute atomic E-state index is 12.8. The number of thioether (sulfide) groups is 1. The largest absolute Gasteiger partial charge is 0.497 e. The fourth-order valence-electron chi connectivity index (χ4n) is 3.60. The maximum atomic E-state index is 12.8. The number of carbonyl (C=O) groups excluding carboxylic acids is 2. The van der Waals surface area contributed by atoms with E-state index in [1.165, 1.54) is 35.1 Å². The summed E-state index contributed by atoms with van der Waals surface area (Å²) < 4.78 is 12.1. The number of esters is 1. The van der Waals surface area contributed by atoms with Crippen molar-refractivity contribution in [2.24, 2.45) is 7.05 Å². The summed E-state index contributed by atoms with van der Waals surface area (Å²) in [5, 5.41) is 16.4.